The number of hydrogen-bond donors (Lipinski definition) is 1. The fourth-order valence-electron chi connectivity index (χ4n) is 2.21. The van der Waals surface area contributed by atoms with Crippen molar-refractivity contribution in [1.29, 1.82) is 0 Å². The molecule has 6 nitrogen and oxygen atoms in total. The van der Waals surface area contributed by atoms with E-state index in [1.54, 1.807) is 31.2 Å². The second-order valence-corrected chi connectivity index (χ2v) is 6.05. The normalized spacial score (nSPS) is 11.1. The number of nitrogens with one attached hydrogen (secondary N) is 1. The Balaban J connectivity index is 1.79. The van der Waals surface area contributed by atoms with Crippen LogP contribution in [-0.2, 0) is 4.79 Å². The van der Waals surface area contributed by atoms with E-state index in [0.717, 1.165) is 0 Å². The second kappa shape index (κ2) is 7.63. The third-order valence-electron chi connectivity index (χ3n) is 3.46. The molecule has 9 heteroatoms. The van der Waals surface area contributed by atoms with E-state index < -0.39 is 11.7 Å². The summed E-state index contributed by atoms with van der Waals surface area (Å²) in [5, 5.41) is 14.3. The van der Waals surface area contributed by atoms with Crippen molar-refractivity contribution in [1.82, 2.24) is 20.2 Å². The first-order valence-electron chi connectivity index (χ1n) is 7.43. The van der Waals surface area contributed by atoms with Gasteiger partial charge in [-0.2, -0.15) is 4.68 Å². The van der Waals surface area contributed by atoms with Crippen LogP contribution in [0.4, 0.5) is 10.1 Å². The van der Waals surface area contributed by atoms with Crippen molar-refractivity contribution >= 4 is 40.9 Å². The highest BCUT2D eigenvalue weighted by atomic mass is 35.5. The maximum atomic E-state index is 14.0. The molecule has 0 unspecified atom stereocenters. The van der Waals surface area contributed by atoms with E-state index >= 15 is 0 Å². The number of carbonyl (C=O) groups is 1. The van der Waals surface area contributed by atoms with Crippen LogP contribution in [0.3, 0.4) is 0 Å². The Kier molecular flexibility index (Phi) is 5.29. The van der Waals surface area contributed by atoms with Gasteiger partial charge in [-0.15, -0.1) is 5.10 Å². The van der Waals surface area contributed by atoms with Crippen LogP contribution in [-0.4, -0.2) is 26.1 Å². The Hall–Kier alpha value is -2.77. The van der Waals surface area contributed by atoms with Crippen molar-refractivity contribution in [2.45, 2.75) is 6.92 Å². The van der Waals surface area contributed by atoms with Gasteiger partial charge >= 0.3 is 0 Å². The highest BCUT2D eigenvalue weighted by Gasteiger charge is 2.11. The van der Waals surface area contributed by atoms with Gasteiger partial charge in [0.05, 0.1) is 10.0 Å². The van der Waals surface area contributed by atoms with Crippen LogP contribution in [0, 0.1) is 12.7 Å². The minimum Gasteiger partial charge on any atom is -0.322 e. The number of carbonyl (C=O) groups excluding carboxylic acids is 1. The van der Waals surface area contributed by atoms with Crippen LogP contribution in [0.1, 0.15) is 11.4 Å². The lowest BCUT2D eigenvalue weighted by molar-refractivity contribution is -0.111. The minimum atomic E-state index is -0.514. The summed E-state index contributed by atoms with van der Waals surface area (Å²) in [6.07, 6.45) is 2.85. The van der Waals surface area contributed by atoms with Gasteiger partial charge in [-0.05, 0) is 53.3 Å². The zero-order chi connectivity index (χ0) is 18.7. The maximum Gasteiger partial charge on any atom is 0.248 e. The lowest BCUT2D eigenvalue weighted by Gasteiger charge is -2.07. The summed E-state index contributed by atoms with van der Waals surface area (Å²) in [4.78, 5) is 12.1. The first-order chi connectivity index (χ1) is 12.5. The Bertz CT molecular complexity index is 1000. The van der Waals surface area contributed by atoms with Crippen LogP contribution in [0.2, 0.25) is 10.0 Å². The van der Waals surface area contributed by atoms with E-state index in [9.17, 15) is 9.18 Å². The molecule has 1 aromatic heterocycles. The van der Waals surface area contributed by atoms with Crippen LogP contribution in [0.5, 0.6) is 0 Å². The molecule has 3 rings (SSSR count). The van der Waals surface area contributed by atoms with E-state index in [0.29, 0.717) is 27.1 Å². The van der Waals surface area contributed by atoms with Crippen LogP contribution in [0.25, 0.3) is 11.8 Å². The second-order valence-electron chi connectivity index (χ2n) is 5.27. The Labute approximate surface area is 158 Å². The first-order valence-corrected chi connectivity index (χ1v) is 8.19. The number of aromatic nitrogens is 4. The van der Waals surface area contributed by atoms with Gasteiger partial charge in [0.25, 0.3) is 0 Å². The molecular formula is C17H12Cl2FN5O. The summed E-state index contributed by atoms with van der Waals surface area (Å²) >= 11 is 12.0. The molecule has 0 aliphatic carbocycles. The maximum absolute atomic E-state index is 14.0. The lowest BCUT2D eigenvalue weighted by Crippen LogP contribution is -2.09. The standard InChI is InChI=1S/C17H12Cl2FN5O/c1-10-22-23-24-25(10)15-9-12(6-7-14(15)20)21-16(26)8-5-11-3-2-4-13(18)17(11)19/h2-9H,1H3,(H,21,26)/b8-5+. The molecule has 0 radical (unpaired) electrons. The molecule has 2 aromatic carbocycles. The number of benzene rings is 2. The summed E-state index contributed by atoms with van der Waals surface area (Å²) in [7, 11) is 0. The Morgan fingerprint density at radius 1 is 1.27 bits per heavy atom. The van der Waals surface area contributed by atoms with Gasteiger partial charge in [-0.25, -0.2) is 4.39 Å². The molecule has 0 bridgehead atoms. The number of tetrazole rings is 1. The molecule has 1 heterocycles. The van der Waals surface area contributed by atoms with E-state index in [1.807, 2.05) is 0 Å². The summed E-state index contributed by atoms with van der Waals surface area (Å²) in [6.45, 7) is 1.64. The van der Waals surface area contributed by atoms with Crippen molar-refractivity contribution < 1.29 is 9.18 Å². The van der Waals surface area contributed by atoms with Crippen LogP contribution in [0.15, 0.2) is 42.5 Å². The summed E-state index contributed by atoms with van der Waals surface area (Å²) in [6, 6.07) is 9.22. The Morgan fingerprint density at radius 2 is 2.08 bits per heavy atom. The highest BCUT2D eigenvalue weighted by molar-refractivity contribution is 6.42. The van der Waals surface area contributed by atoms with Crippen LogP contribution >= 0.6 is 23.2 Å². The smallest absolute Gasteiger partial charge is 0.248 e. The molecule has 26 heavy (non-hydrogen) atoms. The first kappa shape index (κ1) is 18.0. The Morgan fingerprint density at radius 3 is 2.81 bits per heavy atom. The number of hydrogen-bond acceptors (Lipinski definition) is 4. The average molecular weight is 392 g/mol. The molecule has 0 spiro atoms. The van der Waals surface area contributed by atoms with E-state index in [4.69, 9.17) is 23.2 Å². The molecule has 1 amide bonds. The van der Waals surface area contributed by atoms with Crippen molar-refractivity contribution in [2.24, 2.45) is 0 Å². The van der Waals surface area contributed by atoms with Crippen LogP contribution < -0.4 is 5.32 Å². The SMILES string of the molecule is Cc1nnnn1-c1cc(NC(=O)/C=C/c2cccc(Cl)c2Cl)ccc1F. The molecule has 1 N–H and O–H groups in total. The number of rotatable bonds is 4. The summed E-state index contributed by atoms with van der Waals surface area (Å²) < 4.78 is 15.3. The van der Waals surface area contributed by atoms with E-state index in [-0.39, 0.29) is 5.69 Å². The molecule has 3 aromatic rings. The zero-order valence-electron chi connectivity index (χ0n) is 13.4. The van der Waals surface area contributed by atoms with Gasteiger partial charge in [0.2, 0.25) is 5.91 Å². The predicted molar refractivity (Wildman–Crippen MR) is 98.0 cm³/mol. The fourth-order valence-corrected chi connectivity index (χ4v) is 2.58. The average Bonchev–Trinajstić information content (AvgIpc) is 3.04. The third-order valence-corrected chi connectivity index (χ3v) is 4.30. The quantitative estimate of drug-likeness (QED) is 0.680. The molecule has 0 aliphatic rings. The lowest BCUT2D eigenvalue weighted by atomic mass is 10.2. The minimum absolute atomic E-state index is 0.132. The zero-order valence-corrected chi connectivity index (χ0v) is 15.0. The largest absolute Gasteiger partial charge is 0.322 e. The number of aryl methyl sites for hydroxylation is 1. The summed E-state index contributed by atoms with van der Waals surface area (Å²) in [5.41, 5.74) is 1.13. The molecule has 0 atom stereocenters. The van der Waals surface area contributed by atoms with Gasteiger partial charge in [-0.1, -0.05) is 35.3 Å². The fraction of sp³-hybridized carbons (Fsp3) is 0.0588. The molecule has 0 saturated carbocycles. The van der Waals surface area contributed by atoms with Gasteiger partial charge in [-0.3, -0.25) is 4.79 Å². The molecule has 0 saturated heterocycles. The van der Waals surface area contributed by atoms with Gasteiger partial charge in [0, 0.05) is 11.8 Å². The van der Waals surface area contributed by atoms with Crippen molar-refractivity contribution in [3.63, 3.8) is 0 Å². The molecule has 0 aliphatic heterocycles. The number of halogens is 3. The van der Waals surface area contributed by atoms with E-state index in [1.165, 1.54) is 29.0 Å². The third kappa shape index (κ3) is 3.89. The van der Waals surface area contributed by atoms with Crippen molar-refractivity contribution in [3.05, 3.63) is 69.7 Å². The predicted octanol–water partition coefficient (Wildman–Crippen LogP) is 4.07. The topological polar surface area (TPSA) is 72.7 Å². The number of anilines is 1. The van der Waals surface area contributed by atoms with Gasteiger partial charge in [0.15, 0.2) is 5.82 Å². The van der Waals surface area contributed by atoms with E-state index in [2.05, 4.69) is 20.8 Å². The number of amides is 1. The number of nitrogens with zero attached hydrogens (tertiary/aromatic N) is 4. The molecular weight excluding hydrogens is 380 g/mol. The summed E-state index contributed by atoms with van der Waals surface area (Å²) in [5.74, 6) is -0.505. The van der Waals surface area contributed by atoms with Gasteiger partial charge in [0.1, 0.15) is 11.5 Å². The molecule has 132 valence electrons. The molecule has 0 fully saturated rings. The highest BCUT2D eigenvalue weighted by Crippen LogP contribution is 2.26. The van der Waals surface area contributed by atoms with Crippen molar-refractivity contribution in [2.75, 3.05) is 5.32 Å². The monoisotopic (exact) mass is 391 g/mol. The van der Waals surface area contributed by atoms with Gasteiger partial charge < -0.3 is 5.32 Å². The van der Waals surface area contributed by atoms with Crippen molar-refractivity contribution in [3.8, 4) is 5.69 Å².